The third-order valence-electron chi connectivity index (χ3n) is 2.80. The fourth-order valence-electron chi connectivity index (χ4n) is 1.77. The lowest BCUT2D eigenvalue weighted by Crippen LogP contribution is -2.14. The smallest absolute Gasteiger partial charge is 0.241 e. The highest BCUT2D eigenvalue weighted by atomic mass is 35.5. The van der Waals surface area contributed by atoms with E-state index in [1.165, 1.54) is 30.3 Å². The second kappa shape index (κ2) is 6.01. The second-order valence-electron chi connectivity index (χ2n) is 4.52. The zero-order valence-corrected chi connectivity index (χ0v) is 12.7. The van der Waals surface area contributed by atoms with Gasteiger partial charge in [0.1, 0.15) is 23.1 Å². The van der Waals surface area contributed by atoms with Gasteiger partial charge in [-0.05, 0) is 42.8 Å². The Labute approximate surface area is 127 Å². The third-order valence-corrected chi connectivity index (χ3v) is 3.96. The van der Waals surface area contributed by atoms with E-state index >= 15 is 0 Å². The molecule has 0 unspecified atom stereocenters. The molecule has 0 heterocycles. The van der Waals surface area contributed by atoms with Crippen molar-refractivity contribution < 1.29 is 17.5 Å². The molecule has 0 saturated heterocycles. The lowest BCUT2D eigenvalue weighted by molar-refractivity contribution is 0.292. The van der Waals surface area contributed by atoms with Crippen LogP contribution in [0.25, 0.3) is 0 Å². The van der Waals surface area contributed by atoms with E-state index in [2.05, 4.69) is 0 Å². The predicted octanol–water partition coefficient (Wildman–Crippen LogP) is 3.01. The quantitative estimate of drug-likeness (QED) is 0.937. The maximum atomic E-state index is 13.6. The first-order valence-electron chi connectivity index (χ1n) is 5.97. The van der Waals surface area contributed by atoms with Crippen molar-refractivity contribution in [1.82, 2.24) is 0 Å². The summed E-state index contributed by atoms with van der Waals surface area (Å²) in [6.07, 6.45) is 0. The molecule has 0 aliphatic heterocycles. The van der Waals surface area contributed by atoms with Gasteiger partial charge in [-0.3, -0.25) is 0 Å². The summed E-state index contributed by atoms with van der Waals surface area (Å²) in [4.78, 5) is -0.134. The molecule has 112 valence electrons. The molecule has 2 N–H and O–H groups in total. The Balaban J connectivity index is 2.30. The lowest BCUT2D eigenvalue weighted by atomic mass is 10.2. The van der Waals surface area contributed by atoms with Crippen molar-refractivity contribution in [2.75, 3.05) is 0 Å². The molecular weight excluding hydrogens is 317 g/mol. The number of hydrogen-bond acceptors (Lipinski definition) is 3. The number of ether oxygens (including phenoxy) is 1. The summed E-state index contributed by atoms with van der Waals surface area (Å²) in [5, 5.41) is 5.51. The Bertz CT molecular complexity index is 778. The molecule has 2 aromatic rings. The average molecular weight is 330 g/mol. The summed E-state index contributed by atoms with van der Waals surface area (Å²) in [6, 6.07) is 8.62. The summed E-state index contributed by atoms with van der Waals surface area (Å²) < 4.78 is 42.1. The molecule has 0 bridgehead atoms. The first kappa shape index (κ1) is 15.8. The van der Waals surface area contributed by atoms with Crippen LogP contribution < -0.4 is 9.88 Å². The fourth-order valence-corrected chi connectivity index (χ4v) is 2.72. The van der Waals surface area contributed by atoms with Crippen LogP contribution in [0, 0.1) is 12.7 Å². The molecule has 0 amide bonds. The van der Waals surface area contributed by atoms with E-state index in [0.717, 1.165) is 5.56 Å². The van der Waals surface area contributed by atoms with Gasteiger partial charge in [0.25, 0.3) is 0 Å². The Morgan fingerprint density at radius 1 is 1.24 bits per heavy atom. The average Bonchev–Trinajstić information content (AvgIpc) is 2.40. The molecule has 2 rings (SSSR count). The van der Waals surface area contributed by atoms with E-state index in [4.69, 9.17) is 21.5 Å². The van der Waals surface area contributed by atoms with Crippen molar-refractivity contribution in [3.05, 3.63) is 58.4 Å². The Hall–Kier alpha value is -1.63. The summed E-state index contributed by atoms with van der Waals surface area (Å²) in [5.41, 5.74) is 0.948. The van der Waals surface area contributed by atoms with Gasteiger partial charge in [-0.15, -0.1) is 0 Å². The van der Waals surface area contributed by atoms with Crippen LogP contribution >= 0.6 is 11.6 Å². The fraction of sp³-hybridized carbons (Fsp3) is 0.143. The molecule has 0 atom stereocenters. The maximum Gasteiger partial charge on any atom is 0.241 e. The summed E-state index contributed by atoms with van der Waals surface area (Å²) in [7, 11) is -3.92. The maximum absolute atomic E-state index is 13.6. The van der Waals surface area contributed by atoms with Gasteiger partial charge in [-0.25, -0.2) is 17.9 Å². The number of benzene rings is 2. The van der Waals surface area contributed by atoms with Gasteiger partial charge in [0.05, 0.1) is 0 Å². The van der Waals surface area contributed by atoms with Gasteiger partial charge < -0.3 is 4.74 Å². The molecule has 0 aliphatic carbocycles. The zero-order valence-electron chi connectivity index (χ0n) is 11.1. The van der Waals surface area contributed by atoms with Crippen molar-refractivity contribution in [1.29, 1.82) is 0 Å². The molecule has 0 radical (unpaired) electrons. The van der Waals surface area contributed by atoms with E-state index in [9.17, 15) is 12.8 Å². The largest absolute Gasteiger partial charge is 0.487 e. The van der Waals surface area contributed by atoms with E-state index in [0.29, 0.717) is 5.02 Å². The zero-order chi connectivity index (χ0) is 15.6. The Morgan fingerprint density at radius 2 is 1.95 bits per heavy atom. The highest BCUT2D eigenvalue weighted by molar-refractivity contribution is 7.89. The van der Waals surface area contributed by atoms with Crippen molar-refractivity contribution >= 4 is 21.6 Å². The minimum atomic E-state index is -3.92. The van der Waals surface area contributed by atoms with E-state index in [1.54, 1.807) is 13.0 Å². The van der Waals surface area contributed by atoms with E-state index in [-0.39, 0.29) is 22.8 Å². The van der Waals surface area contributed by atoms with Crippen LogP contribution in [-0.4, -0.2) is 8.42 Å². The van der Waals surface area contributed by atoms with Crippen molar-refractivity contribution in [2.24, 2.45) is 5.14 Å². The van der Waals surface area contributed by atoms with E-state index in [1.807, 2.05) is 0 Å². The van der Waals surface area contributed by atoms with Crippen molar-refractivity contribution in [2.45, 2.75) is 18.4 Å². The van der Waals surface area contributed by atoms with Crippen LogP contribution in [0.3, 0.4) is 0 Å². The normalized spacial score (nSPS) is 11.4. The molecule has 0 aliphatic rings. The highest BCUT2D eigenvalue weighted by Crippen LogP contribution is 2.25. The van der Waals surface area contributed by atoms with Crippen LogP contribution in [0.5, 0.6) is 5.75 Å². The summed E-state index contributed by atoms with van der Waals surface area (Å²) in [5.74, 6) is -0.411. The van der Waals surface area contributed by atoms with Gasteiger partial charge in [-0.1, -0.05) is 17.7 Å². The molecule has 0 fully saturated rings. The molecule has 2 aromatic carbocycles. The predicted molar refractivity (Wildman–Crippen MR) is 78.3 cm³/mol. The van der Waals surface area contributed by atoms with Crippen LogP contribution in [0.1, 0.15) is 11.1 Å². The van der Waals surface area contributed by atoms with Crippen LogP contribution in [-0.2, 0) is 16.6 Å². The van der Waals surface area contributed by atoms with Gasteiger partial charge in [0.2, 0.25) is 10.0 Å². The summed E-state index contributed by atoms with van der Waals surface area (Å²) in [6.45, 7) is 1.58. The number of primary sulfonamides is 1. The first-order chi connectivity index (χ1) is 9.77. The third kappa shape index (κ3) is 3.93. The number of aryl methyl sites for hydroxylation is 1. The monoisotopic (exact) mass is 329 g/mol. The van der Waals surface area contributed by atoms with Gasteiger partial charge in [0.15, 0.2) is 0 Å². The number of hydrogen-bond donors (Lipinski definition) is 1. The molecule has 0 saturated carbocycles. The Kier molecular flexibility index (Phi) is 4.51. The minimum absolute atomic E-state index is 0.0717. The van der Waals surface area contributed by atoms with Gasteiger partial charge >= 0.3 is 0 Å². The molecule has 4 nitrogen and oxygen atoms in total. The first-order valence-corrected chi connectivity index (χ1v) is 7.90. The van der Waals surface area contributed by atoms with Crippen LogP contribution in [0.4, 0.5) is 4.39 Å². The molecule has 0 aromatic heterocycles. The van der Waals surface area contributed by atoms with Crippen LogP contribution in [0.15, 0.2) is 41.3 Å². The second-order valence-corrected chi connectivity index (χ2v) is 6.49. The van der Waals surface area contributed by atoms with Crippen LogP contribution in [0.2, 0.25) is 5.02 Å². The Morgan fingerprint density at radius 3 is 2.62 bits per heavy atom. The van der Waals surface area contributed by atoms with Gasteiger partial charge in [0, 0.05) is 10.6 Å². The topological polar surface area (TPSA) is 69.4 Å². The highest BCUT2D eigenvalue weighted by Gasteiger charge is 2.16. The molecular formula is C14H13ClFNO3S. The molecule has 0 spiro atoms. The number of rotatable bonds is 4. The lowest BCUT2D eigenvalue weighted by Gasteiger charge is -2.11. The number of nitrogens with two attached hydrogens (primary N) is 1. The standard InChI is InChI=1S/C14H13ClFNO3S/c1-9-2-5-13(14(6-9)21(17,18)19)20-8-10-7-11(15)3-4-12(10)16/h2-7H,8H2,1H3,(H2,17,18,19). The summed E-state index contributed by atoms with van der Waals surface area (Å²) >= 11 is 5.79. The molecule has 7 heteroatoms. The minimum Gasteiger partial charge on any atom is -0.487 e. The number of halogens is 2. The van der Waals surface area contributed by atoms with E-state index < -0.39 is 15.8 Å². The van der Waals surface area contributed by atoms with Crippen molar-refractivity contribution in [3.63, 3.8) is 0 Å². The SMILES string of the molecule is Cc1ccc(OCc2cc(Cl)ccc2F)c(S(N)(=O)=O)c1. The van der Waals surface area contributed by atoms with Crippen molar-refractivity contribution in [3.8, 4) is 5.75 Å². The number of sulfonamides is 1. The van der Waals surface area contributed by atoms with Gasteiger partial charge in [-0.2, -0.15) is 0 Å². The molecule has 21 heavy (non-hydrogen) atoms.